The number of rotatable bonds is 12. The molecular formula is C30H37N3O4S. The molecule has 3 aromatic rings. The molecule has 38 heavy (non-hydrogen) atoms. The lowest BCUT2D eigenvalue weighted by atomic mass is 10.1. The van der Waals surface area contributed by atoms with E-state index in [1.807, 2.05) is 64.1 Å². The third-order valence-electron chi connectivity index (χ3n) is 6.17. The lowest BCUT2D eigenvalue weighted by Gasteiger charge is -2.33. The first kappa shape index (κ1) is 28.9. The zero-order valence-corrected chi connectivity index (χ0v) is 23.3. The fourth-order valence-corrected chi connectivity index (χ4v) is 5.58. The van der Waals surface area contributed by atoms with Gasteiger partial charge in [-0.2, -0.15) is 0 Å². The molecule has 3 aromatic carbocycles. The molecule has 0 radical (unpaired) electrons. The Hall–Kier alpha value is -3.65. The Morgan fingerprint density at radius 2 is 1.53 bits per heavy atom. The number of aryl methyl sites for hydroxylation is 1. The van der Waals surface area contributed by atoms with E-state index in [-0.39, 0.29) is 23.3 Å². The first-order chi connectivity index (χ1) is 18.1. The van der Waals surface area contributed by atoms with Gasteiger partial charge in [0.05, 0.1) is 10.6 Å². The normalized spacial score (nSPS) is 12.1. The van der Waals surface area contributed by atoms with E-state index in [9.17, 15) is 18.0 Å². The van der Waals surface area contributed by atoms with E-state index in [1.165, 1.54) is 17.0 Å². The summed E-state index contributed by atoms with van der Waals surface area (Å²) in [5.41, 5.74) is 2.10. The van der Waals surface area contributed by atoms with Crippen LogP contribution in [-0.2, 0) is 26.2 Å². The largest absolute Gasteiger partial charge is 0.354 e. The summed E-state index contributed by atoms with van der Waals surface area (Å²) in [4.78, 5) is 28.8. The minimum Gasteiger partial charge on any atom is -0.354 e. The van der Waals surface area contributed by atoms with Gasteiger partial charge >= 0.3 is 0 Å². The first-order valence-electron chi connectivity index (χ1n) is 12.9. The van der Waals surface area contributed by atoms with Gasteiger partial charge in [-0.05, 0) is 54.7 Å². The lowest BCUT2D eigenvalue weighted by molar-refractivity contribution is -0.140. The zero-order chi connectivity index (χ0) is 27.7. The van der Waals surface area contributed by atoms with Gasteiger partial charge in [0, 0.05) is 13.1 Å². The van der Waals surface area contributed by atoms with Gasteiger partial charge in [0.1, 0.15) is 12.6 Å². The van der Waals surface area contributed by atoms with Crippen molar-refractivity contribution >= 4 is 27.5 Å². The van der Waals surface area contributed by atoms with Crippen molar-refractivity contribution in [1.29, 1.82) is 0 Å². The van der Waals surface area contributed by atoms with Crippen molar-refractivity contribution in [3.63, 3.8) is 0 Å². The van der Waals surface area contributed by atoms with Crippen molar-refractivity contribution in [2.24, 2.45) is 5.92 Å². The smallest absolute Gasteiger partial charge is 0.264 e. The van der Waals surface area contributed by atoms with E-state index in [2.05, 4.69) is 5.32 Å². The Balaban J connectivity index is 2.02. The second-order valence-corrected chi connectivity index (χ2v) is 11.6. The molecule has 202 valence electrons. The van der Waals surface area contributed by atoms with Crippen LogP contribution in [0.15, 0.2) is 89.8 Å². The average molecular weight is 536 g/mol. The Labute approximate surface area is 226 Å². The van der Waals surface area contributed by atoms with Gasteiger partial charge in [0.2, 0.25) is 11.8 Å². The van der Waals surface area contributed by atoms with Crippen LogP contribution in [0, 0.1) is 12.8 Å². The molecule has 0 heterocycles. The fraction of sp³-hybridized carbons (Fsp3) is 0.333. The molecule has 7 nitrogen and oxygen atoms in total. The molecule has 0 unspecified atom stereocenters. The lowest BCUT2D eigenvalue weighted by Crippen LogP contribution is -2.52. The van der Waals surface area contributed by atoms with Gasteiger partial charge in [-0.15, -0.1) is 0 Å². The number of hydrogen-bond acceptors (Lipinski definition) is 4. The van der Waals surface area contributed by atoms with Gasteiger partial charge in [0.25, 0.3) is 10.0 Å². The molecule has 3 rings (SSSR count). The number of amides is 2. The SMILES string of the molecule is CC[C@H](C(=O)NCC(C)C)N(Cc1ccccc1)C(=O)CN(c1cccc(C)c1)S(=O)(=O)c1ccccc1. The average Bonchev–Trinajstić information content (AvgIpc) is 2.91. The van der Waals surface area contributed by atoms with Crippen LogP contribution < -0.4 is 9.62 Å². The van der Waals surface area contributed by atoms with E-state index < -0.39 is 28.5 Å². The first-order valence-corrected chi connectivity index (χ1v) is 14.3. The van der Waals surface area contributed by atoms with Gasteiger partial charge in [-0.1, -0.05) is 81.4 Å². The highest BCUT2D eigenvalue weighted by molar-refractivity contribution is 7.92. The van der Waals surface area contributed by atoms with Crippen molar-refractivity contribution < 1.29 is 18.0 Å². The summed E-state index contributed by atoms with van der Waals surface area (Å²) in [7, 11) is -4.06. The van der Waals surface area contributed by atoms with Gasteiger partial charge < -0.3 is 10.2 Å². The van der Waals surface area contributed by atoms with Gasteiger partial charge in [-0.25, -0.2) is 8.42 Å². The van der Waals surface area contributed by atoms with Crippen molar-refractivity contribution in [3.05, 3.63) is 96.1 Å². The summed E-state index contributed by atoms with van der Waals surface area (Å²) in [6.45, 7) is 7.95. The van der Waals surface area contributed by atoms with Crippen LogP contribution in [0.3, 0.4) is 0 Å². The number of nitrogens with one attached hydrogen (secondary N) is 1. The predicted molar refractivity (Wildman–Crippen MR) is 151 cm³/mol. The molecule has 0 spiro atoms. The highest BCUT2D eigenvalue weighted by atomic mass is 32.2. The number of carbonyl (C=O) groups is 2. The maximum absolute atomic E-state index is 14.0. The van der Waals surface area contributed by atoms with Crippen molar-refractivity contribution in [2.45, 2.75) is 51.6 Å². The fourth-order valence-electron chi connectivity index (χ4n) is 4.15. The van der Waals surface area contributed by atoms with Crippen molar-refractivity contribution in [1.82, 2.24) is 10.2 Å². The van der Waals surface area contributed by atoms with E-state index >= 15 is 0 Å². The van der Waals surface area contributed by atoms with Crippen molar-refractivity contribution in [2.75, 3.05) is 17.4 Å². The van der Waals surface area contributed by atoms with Gasteiger partial charge in [-0.3, -0.25) is 13.9 Å². The number of hydrogen-bond donors (Lipinski definition) is 1. The Kier molecular flexibility index (Phi) is 10.1. The Morgan fingerprint density at radius 3 is 2.11 bits per heavy atom. The van der Waals surface area contributed by atoms with E-state index in [0.29, 0.717) is 18.7 Å². The molecule has 0 bridgehead atoms. The third kappa shape index (κ3) is 7.44. The minimum atomic E-state index is -4.06. The van der Waals surface area contributed by atoms with Crippen molar-refractivity contribution in [3.8, 4) is 0 Å². The van der Waals surface area contributed by atoms with Crippen LogP contribution in [0.25, 0.3) is 0 Å². The van der Waals surface area contributed by atoms with Crippen LogP contribution in [0.4, 0.5) is 5.69 Å². The number of carbonyl (C=O) groups excluding carboxylic acids is 2. The second kappa shape index (κ2) is 13.2. The maximum Gasteiger partial charge on any atom is 0.264 e. The molecule has 0 aromatic heterocycles. The molecule has 0 saturated heterocycles. The third-order valence-corrected chi connectivity index (χ3v) is 7.95. The number of nitrogens with zero attached hydrogens (tertiary/aromatic N) is 2. The molecule has 0 aliphatic heterocycles. The maximum atomic E-state index is 14.0. The standard InChI is InChI=1S/C30H37N3O4S/c1-5-28(30(35)31-20-23(2)3)32(21-25-14-8-6-9-15-25)29(34)22-33(26-16-12-13-24(4)19-26)38(36,37)27-17-10-7-11-18-27/h6-19,23,28H,5,20-22H2,1-4H3,(H,31,35)/t28-/m1/s1. The molecule has 8 heteroatoms. The molecule has 2 amide bonds. The molecule has 1 N–H and O–H groups in total. The van der Waals surface area contributed by atoms with E-state index in [0.717, 1.165) is 15.4 Å². The summed E-state index contributed by atoms with van der Waals surface area (Å²) >= 11 is 0. The predicted octanol–water partition coefficient (Wildman–Crippen LogP) is 4.77. The molecular weight excluding hydrogens is 498 g/mol. The summed E-state index contributed by atoms with van der Waals surface area (Å²) in [5, 5.41) is 2.94. The van der Waals surface area contributed by atoms with E-state index in [4.69, 9.17) is 0 Å². The molecule has 0 saturated carbocycles. The van der Waals surface area contributed by atoms with Crippen LogP contribution in [-0.4, -0.2) is 44.3 Å². The van der Waals surface area contributed by atoms with E-state index in [1.54, 1.807) is 36.4 Å². The molecule has 0 aliphatic carbocycles. The summed E-state index contributed by atoms with van der Waals surface area (Å²) in [5.74, 6) is -0.456. The van der Waals surface area contributed by atoms with Crippen LogP contribution in [0.2, 0.25) is 0 Å². The quantitative estimate of drug-likeness (QED) is 0.362. The van der Waals surface area contributed by atoms with Crippen LogP contribution in [0.5, 0.6) is 0 Å². The van der Waals surface area contributed by atoms with Crippen LogP contribution >= 0.6 is 0 Å². The summed E-state index contributed by atoms with van der Waals surface area (Å²) in [6.07, 6.45) is 0.387. The Bertz CT molecular complexity index is 1310. The number of anilines is 1. The molecule has 1 atom stereocenters. The molecule has 0 fully saturated rings. The second-order valence-electron chi connectivity index (χ2n) is 9.73. The van der Waals surface area contributed by atoms with Gasteiger partial charge in [0.15, 0.2) is 0 Å². The molecule has 0 aliphatic rings. The van der Waals surface area contributed by atoms with Crippen LogP contribution in [0.1, 0.15) is 38.3 Å². The monoisotopic (exact) mass is 535 g/mol. The minimum absolute atomic E-state index is 0.0885. The topological polar surface area (TPSA) is 86.8 Å². The Morgan fingerprint density at radius 1 is 0.895 bits per heavy atom. The number of benzene rings is 3. The highest BCUT2D eigenvalue weighted by Crippen LogP contribution is 2.25. The summed E-state index contributed by atoms with van der Waals surface area (Å²) in [6, 6.07) is 23.8. The highest BCUT2D eigenvalue weighted by Gasteiger charge is 2.33. The summed E-state index contributed by atoms with van der Waals surface area (Å²) < 4.78 is 28.7. The zero-order valence-electron chi connectivity index (χ0n) is 22.5. The number of sulfonamides is 1.